The van der Waals surface area contributed by atoms with E-state index < -0.39 is 5.72 Å². The Morgan fingerprint density at radius 1 is 1.70 bits per heavy atom. The second-order valence-electron chi connectivity index (χ2n) is 2.24. The van der Waals surface area contributed by atoms with Crippen molar-refractivity contribution in [2.75, 3.05) is 0 Å². The molecule has 1 heterocycles. The van der Waals surface area contributed by atoms with Gasteiger partial charge in [0.15, 0.2) is 5.72 Å². The van der Waals surface area contributed by atoms with E-state index in [1.807, 2.05) is 0 Å². The fourth-order valence-corrected chi connectivity index (χ4v) is 0.590. The predicted octanol–water partition coefficient (Wildman–Crippen LogP) is -0.400. The third-order valence-electron chi connectivity index (χ3n) is 1.10. The van der Waals surface area contributed by atoms with Gasteiger partial charge in [0.25, 0.3) is 0 Å². The molecule has 0 fully saturated rings. The lowest BCUT2D eigenvalue weighted by Gasteiger charge is -2.14. The maximum absolute atomic E-state index is 9.18. The fraction of sp³-hybridized carbons (Fsp3) is 0.333. The summed E-state index contributed by atoms with van der Waals surface area (Å²) in [5.41, 5.74) is 4.38. The zero-order valence-corrected chi connectivity index (χ0v) is 5.65. The summed E-state index contributed by atoms with van der Waals surface area (Å²) in [4.78, 5) is 7.44. The number of hydrogen-bond donors (Lipinski definition) is 2. The van der Waals surface area contributed by atoms with E-state index >= 15 is 0 Å². The van der Waals surface area contributed by atoms with Gasteiger partial charge in [-0.1, -0.05) is 0 Å². The molecule has 1 rings (SSSR count). The van der Waals surface area contributed by atoms with Crippen molar-refractivity contribution in [3.63, 3.8) is 0 Å². The first-order valence-electron chi connectivity index (χ1n) is 2.88. The van der Waals surface area contributed by atoms with Gasteiger partial charge >= 0.3 is 0 Å². The highest BCUT2D eigenvalue weighted by molar-refractivity contribution is 5.05. The number of nitrogens with two attached hydrogens (primary N) is 1. The summed E-state index contributed by atoms with van der Waals surface area (Å²) >= 11 is 0. The molecule has 0 aliphatic rings. The minimum absolute atomic E-state index is 0.419. The number of aromatic nitrogens is 2. The van der Waals surface area contributed by atoms with Gasteiger partial charge in [-0.2, -0.15) is 0 Å². The van der Waals surface area contributed by atoms with E-state index in [0.29, 0.717) is 5.69 Å². The number of hydrogen-bond acceptors (Lipinski definition) is 4. The van der Waals surface area contributed by atoms with Crippen LogP contribution in [-0.2, 0) is 5.72 Å². The molecule has 0 saturated heterocycles. The van der Waals surface area contributed by atoms with Gasteiger partial charge in [-0.05, 0) is 13.0 Å². The summed E-state index contributed by atoms with van der Waals surface area (Å²) < 4.78 is 0. The highest BCUT2D eigenvalue weighted by Crippen LogP contribution is 2.07. The van der Waals surface area contributed by atoms with Crippen LogP contribution in [0.1, 0.15) is 12.6 Å². The molecule has 0 bridgehead atoms. The zero-order chi connectivity index (χ0) is 7.61. The van der Waals surface area contributed by atoms with E-state index in [0.717, 1.165) is 0 Å². The van der Waals surface area contributed by atoms with Crippen LogP contribution in [0.4, 0.5) is 0 Å². The van der Waals surface area contributed by atoms with Crippen LogP contribution in [0.15, 0.2) is 18.6 Å². The van der Waals surface area contributed by atoms with Gasteiger partial charge in [0.2, 0.25) is 0 Å². The summed E-state index contributed by atoms with van der Waals surface area (Å²) in [6.45, 7) is 1.47. The minimum Gasteiger partial charge on any atom is -0.370 e. The normalized spacial score (nSPS) is 16.3. The van der Waals surface area contributed by atoms with Crippen molar-refractivity contribution in [1.29, 1.82) is 0 Å². The van der Waals surface area contributed by atoms with E-state index in [1.54, 1.807) is 6.07 Å². The first-order chi connectivity index (χ1) is 4.61. The maximum Gasteiger partial charge on any atom is 0.153 e. The van der Waals surface area contributed by atoms with E-state index in [4.69, 9.17) is 5.73 Å². The Morgan fingerprint density at radius 3 is 2.70 bits per heavy atom. The molecule has 0 aliphatic carbocycles. The molecule has 1 unspecified atom stereocenters. The van der Waals surface area contributed by atoms with Crippen molar-refractivity contribution in [1.82, 2.24) is 9.97 Å². The molecule has 0 aromatic carbocycles. The zero-order valence-electron chi connectivity index (χ0n) is 5.65. The molecule has 1 aromatic heterocycles. The van der Waals surface area contributed by atoms with Crippen LogP contribution >= 0.6 is 0 Å². The van der Waals surface area contributed by atoms with Crippen LogP contribution in [0, 0.1) is 0 Å². The van der Waals surface area contributed by atoms with Gasteiger partial charge < -0.3 is 5.11 Å². The van der Waals surface area contributed by atoms with Crippen molar-refractivity contribution < 1.29 is 5.11 Å². The maximum atomic E-state index is 9.18. The van der Waals surface area contributed by atoms with Crippen molar-refractivity contribution in [3.05, 3.63) is 24.3 Å². The highest BCUT2D eigenvalue weighted by Gasteiger charge is 2.16. The van der Waals surface area contributed by atoms with Crippen LogP contribution < -0.4 is 5.73 Å². The van der Waals surface area contributed by atoms with Gasteiger partial charge in [-0.15, -0.1) is 0 Å². The monoisotopic (exact) mass is 139 g/mol. The summed E-state index contributed by atoms with van der Waals surface area (Å²) in [6.07, 6.45) is 2.88. The Balaban J connectivity index is 2.97. The molecular weight excluding hydrogens is 130 g/mol. The van der Waals surface area contributed by atoms with Crippen LogP contribution in [0.5, 0.6) is 0 Å². The van der Waals surface area contributed by atoms with Crippen LogP contribution in [0.25, 0.3) is 0 Å². The third kappa shape index (κ3) is 1.49. The molecule has 4 heteroatoms. The Kier molecular flexibility index (Phi) is 1.65. The molecule has 0 aliphatic heterocycles. The molecule has 10 heavy (non-hydrogen) atoms. The first kappa shape index (κ1) is 7.11. The molecule has 54 valence electrons. The van der Waals surface area contributed by atoms with Crippen LogP contribution in [-0.4, -0.2) is 15.1 Å². The molecule has 0 radical (unpaired) electrons. The largest absolute Gasteiger partial charge is 0.370 e. The Bertz CT molecular complexity index is 204. The molecule has 0 saturated carbocycles. The van der Waals surface area contributed by atoms with E-state index in [9.17, 15) is 5.11 Å². The lowest BCUT2D eigenvalue weighted by atomic mass is 10.2. The fourth-order valence-electron chi connectivity index (χ4n) is 0.590. The summed E-state index contributed by atoms with van der Waals surface area (Å²) in [6, 6.07) is 1.57. The number of aliphatic hydroxyl groups is 1. The van der Waals surface area contributed by atoms with E-state index in [2.05, 4.69) is 9.97 Å². The average molecular weight is 139 g/mol. The smallest absolute Gasteiger partial charge is 0.153 e. The third-order valence-corrected chi connectivity index (χ3v) is 1.10. The molecule has 4 nitrogen and oxygen atoms in total. The molecule has 0 amide bonds. The standard InChI is InChI=1S/C6H9N3O/c1-6(7,10)5-2-3-8-4-9-5/h2-4,10H,7H2,1H3. The van der Waals surface area contributed by atoms with Crippen LogP contribution in [0.3, 0.4) is 0 Å². The topological polar surface area (TPSA) is 72.0 Å². The van der Waals surface area contributed by atoms with Gasteiger partial charge in [-0.25, -0.2) is 9.97 Å². The SMILES string of the molecule is CC(N)(O)c1ccncn1. The molecule has 1 aromatic rings. The van der Waals surface area contributed by atoms with Crippen molar-refractivity contribution in [2.24, 2.45) is 5.73 Å². The molecule has 3 N–H and O–H groups in total. The summed E-state index contributed by atoms with van der Waals surface area (Å²) in [7, 11) is 0. The highest BCUT2D eigenvalue weighted by atomic mass is 16.3. The Hall–Kier alpha value is -1.00. The van der Waals surface area contributed by atoms with Crippen molar-refractivity contribution >= 4 is 0 Å². The second kappa shape index (κ2) is 2.32. The average Bonchev–Trinajstić information content (AvgIpc) is 1.88. The quantitative estimate of drug-likeness (QED) is 0.519. The van der Waals surface area contributed by atoms with Gasteiger partial charge in [0, 0.05) is 6.20 Å². The number of nitrogens with zero attached hydrogens (tertiary/aromatic N) is 2. The van der Waals surface area contributed by atoms with Crippen molar-refractivity contribution in [3.8, 4) is 0 Å². The van der Waals surface area contributed by atoms with Gasteiger partial charge in [-0.3, -0.25) is 5.73 Å². The molecular formula is C6H9N3O. The second-order valence-corrected chi connectivity index (χ2v) is 2.24. The van der Waals surface area contributed by atoms with E-state index in [1.165, 1.54) is 19.4 Å². The summed E-state index contributed by atoms with van der Waals surface area (Å²) in [5.74, 6) is 0. The first-order valence-corrected chi connectivity index (χ1v) is 2.88. The Morgan fingerprint density at radius 2 is 2.40 bits per heavy atom. The van der Waals surface area contributed by atoms with Gasteiger partial charge in [0.1, 0.15) is 6.33 Å². The number of rotatable bonds is 1. The lowest BCUT2D eigenvalue weighted by molar-refractivity contribution is 0.0599. The Labute approximate surface area is 58.7 Å². The predicted molar refractivity (Wildman–Crippen MR) is 35.8 cm³/mol. The lowest BCUT2D eigenvalue weighted by Crippen LogP contribution is -2.33. The van der Waals surface area contributed by atoms with Gasteiger partial charge in [0.05, 0.1) is 5.69 Å². The molecule has 0 spiro atoms. The van der Waals surface area contributed by atoms with Crippen LogP contribution in [0.2, 0.25) is 0 Å². The minimum atomic E-state index is -1.36. The summed E-state index contributed by atoms with van der Waals surface area (Å²) in [5, 5.41) is 9.18. The van der Waals surface area contributed by atoms with E-state index in [-0.39, 0.29) is 0 Å². The molecule has 1 atom stereocenters. The van der Waals surface area contributed by atoms with Crippen molar-refractivity contribution in [2.45, 2.75) is 12.6 Å².